The van der Waals surface area contributed by atoms with Crippen molar-refractivity contribution in [2.24, 2.45) is 0 Å². The zero-order valence-corrected chi connectivity index (χ0v) is 31.0. The van der Waals surface area contributed by atoms with Crippen LogP contribution in [0.3, 0.4) is 0 Å². The minimum Gasteiger partial charge on any atom is -0.494 e. The maximum absolute atomic E-state index is 6.21. The lowest BCUT2D eigenvalue weighted by Crippen LogP contribution is -1.96. The third-order valence-corrected chi connectivity index (χ3v) is 8.98. The zero-order chi connectivity index (χ0) is 37.1. The molecule has 0 fully saturated rings. The molecule has 0 radical (unpaired) electrons. The van der Waals surface area contributed by atoms with Crippen molar-refractivity contribution in [3.8, 4) is 80.2 Å². The molecule has 0 aliphatic rings. The molecule has 0 aliphatic heterocycles. The Morgan fingerprint density at radius 1 is 0.389 bits per heavy atom. The number of aryl methyl sites for hydroxylation is 1. The van der Waals surface area contributed by atoms with Crippen molar-refractivity contribution in [3.63, 3.8) is 0 Å². The third kappa shape index (κ3) is 9.09. The van der Waals surface area contributed by atoms with E-state index in [1.807, 2.05) is 97.9 Å². The fourth-order valence-corrected chi connectivity index (χ4v) is 5.89. The molecule has 0 unspecified atom stereocenters. The molecule has 7 aromatic rings. The van der Waals surface area contributed by atoms with Crippen molar-refractivity contribution < 1.29 is 22.7 Å². The fraction of sp³-hybridized carbons (Fsp3) is 0.302. The predicted molar refractivity (Wildman–Crippen MR) is 207 cm³/mol. The van der Waals surface area contributed by atoms with E-state index in [0.717, 1.165) is 46.6 Å². The smallest absolute Gasteiger partial charge is 0.248 e. The predicted octanol–water partition coefficient (Wildman–Crippen LogP) is 11.1. The van der Waals surface area contributed by atoms with Gasteiger partial charge in [-0.2, -0.15) is 0 Å². The molecule has 276 valence electrons. The Kier molecular flexibility index (Phi) is 11.8. The summed E-state index contributed by atoms with van der Waals surface area (Å²) >= 11 is 0. The van der Waals surface area contributed by atoms with Crippen molar-refractivity contribution in [1.29, 1.82) is 0 Å². The van der Waals surface area contributed by atoms with Gasteiger partial charge in [0.15, 0.2) is 0 Å². The van der Waals surface area contributed by atoms with E-state index < -0.39 is 0 Å². The summed E-state index contributed by atoms with van der Waals surface area (Å²) in [6.07, 6.45) is 9.23. The molecule has 0 atom stereocenters. The van der Waals surface area contributed by atoms with Crippen LogP contribution >= 0.6 is 0 Å². The van der Waals surface area contributed by atoms with Gasteiger partial charge in [-0.25, -0.2) is 0 Å². The number of aromatic nitrogens is 6. The van der Waals surface area contributed by atoms with Crippen LogP contribution < -0.4 is 9.47 Å². The van der Waals surface area contributed by atoms with Crippen molar-refractivity contribution in [3.05, 3.63) is 96.6 Å². The SMILES string of the molecule is CCCCCCOc1ccc(-c2nnc(-c3cc(-c4nnc(-c5ccc(C)cc5)o4)cc(-c4nnc(-c5ccc(OCCCCCC)cc5)o4)c3)o2)cc1. The number of ether oxygens (including phenoxy) is 2. The summed E-state index contributed by atoms with van der Waals surface area (Å²) < 4.78 is 30.4. The molecule has 0 saturated carbocycles. The van der Waals surface area contributed by atoms with Gasteiger partial charge in [0.2, 0.25) is 35.3 Å². The Balaban J connectivity index is 1.15. The van der Waals surface area contributed by atoms with E-state index in [1.165, 1.54) is 38.5 Å². The molecule has 0 aliphatic carbocycles. The van der Waals surface area contributed by atoms with Gasteiger partial charge in [0.1, 0.15) is 11.5 Å². The monoisotopic (exact) mass is 724 g/mol. The van der Waals surface area contributed by atoms with E-state index in [4.69, 9.17) is 22.7 Å². The molecular weight excluding hydrogens is 681 g/mol. The van der Waals surface area contributed by atoms with Crippen molar-refractivity contribution in [1.82, 2.24) is 30.6 Å². The molecule has 4 aromatic carbocycles. The number of benzene rings is 4. The topological polar surface area (TPSA) is 135 Å². The Morgan fingerprint density at radius 2 is 0.704 bits per heavy atom. The first-order valence-electron chi connectivity index (χ1n) is 18.8. The van der Waals surface area contributed by atoms with Crippen LogP contribution in [-0.2, 0) is 0 Å². The molecule has 11 heteroatoms. The maximum atomic E-state index is 6.21. The van der Waals surface area contributed by atoms with Gasteiger partial charge in [-0.3, -0.25) is 0 Å². The minimum absolute atomic E-state index is 0.299. The van der Waals surface area contributed by atoms with E-state index in [9.17, 15) is 0 Å². The molecule has 3 aromatic heterocycles. The van der Waals surface area contributed by atoms with Gasteiger partial charge < -0.3 is 22.7 Å². The summed E-state index contributed by atoms with van der Waals surface area (Å²) in [5.41, 5.74) is 5.36. The second-order valence-electron chi connectivity index (χ2n) is 13.3. The lowest BCUT2D eigenvalue weighted by atomic mass is 10.1. The first kappa shape index (κ1) is 36.3. The number of nitrogens with zero attached hydrogens (tertiary/aromatic N) is 6. The van der Waals surface area contributed by atoms with E-state index in [-0.39, 0.29) is 0 Å². The number of hydrogen-bond acceptors (Lipinski definition) is 11. The summed E-state index contributed by atoms with van der Waals surface area (Å²) in [4.78, 5) is 0. The van der Waals surface area contributed by atoms with Crippen molar-refractivity contribution >= 4 is 0 Å². The average Bonchev–Trinajstić information content (AvgIpc) is 4.01. The standard InChI is InChI=1S/C43H44N6O5/c1-4-6-8-10-24-50-36-20-16-31(17-21-36)39-45-48-42(53-39)34-26-33(41-47-44-38(52-41)30-14-12-29(3)13-15-30)27-35(28-34)43-49-46-40(54-43)32-18-22-37(23-19-32)51-25-11-9-7-5-2/h12-23,26-28H,4-11,24-25H2,1-3H3. The summed E-state index contributed by atoms with van der Waals surface area (Å²) in [6.45, 7) is 7.81. The molecule has 11 nitrogen and oxygen atoms in total. The Hall–Kier alpha value is -6.10. The van der Waals surface area contributed by atoms with E-state index in [1.54, 1.807) is 0 Å². The lowest BCUT2D eigenvalue weighted by Gasteiger charge is -2.06. The highest BCUT2D eigenvalue weighted by molar-refractivity contribution is 5.74. The van der Waals surface area contributed by atoms with Crippen LogP contribution in [0.25, 0.3) is 68.7 Å². The van der Waals surface area contributed by atoms with Gasteiger partial charge in [-0.1, -0.05) is 70.1 Å². The first-order valence-corrected chi connectivity index (χ1v) is 18.8. The van der Waals surface area contributed by atoms with Crippen molar-refractivity contribution in [2.45, 2.75) is 72.1 Å². The Labute approximate surface area is 314 Å². The first-order chi connectivity index (χ1) is 26.6. The van der Waals surface area contributed by atoms with Gasteiger partial charge in [-0.05, 0) is 98.6 Å². The number of hydrogen-bond donors (Lipinski definition) is 0. The second-order valence-corrected chi connectivity index (χ2v) is 13.3. The summed E-state index contributed by atoms with van der Waals surface area (Å²) in [5.74, 6) is 3.66. The second kappa shape index (κ2) is 17.6. The molecule has 7 rings (SSSR count). The van der Waals surface area contributed by atoms with Crippen LogP contribution in [0.15, 0.2) is 104 Å². The van der Waals surface area contributed by atoms with Gasteiger partial charge in [0.25, 0.3) is 0 Å². The molecular formula is C43H44N6O5. The molecule has 0 amide bonds. The van der Waals surface area contributed by atoms with E-state index in [2.05, 4.69) is 44.4 Å². The van der Waals surface area contributed by atoms with Gasteiger partial charge in [0, 0.05) is 33.4 Å². The maximum Gasteiger partial charge on any atom is 0.248 e. The molecule has 3 heterocycles. The Morgan fingerprint density at radius 3 is 1.04 bits per heavy atom. The van der Waals surface area contributed by atoms with Crippen LogP contribution in [0.5, 0.6) is 11.5 Å². The summed E-state index contributed by atoms with van der Waals surface area (Å²) in [7, 11) is 0. The minimum atomic E-state index is 0.299. The normalized spacial score (nSPS) is 11.2. The van der Waals surface area contributed by atoms with Gasteiger partial charge in [-0.15, -0.1) is 30.6 Å². The summed E-state index contributed by atoms with van der Waals surface area (Å²) in [6, 6.07) is 28.8. The van der Waals surface area contributed by atoms with Crippen LogP contribution in [0.1, 0.15) is 70.8 Å². The summed E-state index contributed by atoms with van der Waals surface area (Å²) in [5, 5.41) is 26.2. The van der Waals surface area contributed by atoms with E-state index >= 15 is 0 Å². The number of rotatable bonds is 18. The third-order valence-electron chi connectivity index (χ3n) is 8.98. The molecule has 0 saturated heterocycles. The average molecular weight is 725 g/mol. The van der Waals surface area contributed by atoms with Crippen LogP contribution in [-0.4, -0.2) is 43.8 Å². The van der Waals surface area contributed by atoms with Crippen LogP contribution in [0.4, 0.5) is 0 Å². The highest BCUT2D eigenvalue weighted by atomic mass is 16.5. The molecule has 0 bridgehead atoms. The largest absolute Gasteiger partial charge is 0.494 e. The highest BCUT2D eigenvalue weighted by Gasteiger charge is 2.20. The molecule has 0 spiro atoms. The van der Waals surface area contributed by atoms with Crippen LogP contribution in [0.2, 0.25) is 0 Å². The zero-order valence-electron chi connectivity index (χ0n) is 31.0. The number of unbranched alkanes of at least 4 members (excludes halogenated alkanes) is 6. The van der Waals surface area contributed by atoms with E-state index in [0.29, 0.717) is 65.2 Å². The highest BCUT2D eigenvalue weighted by Crippen LogP contribution is 2.35. The van der Waals surface area contributed by atoms with Crippen molar-refractivity contribution in [2.75, 3.05) is 13.2 Å². The lowest BCUT2D eigenvalue weighted by molar-refractivity contribution is 0.305. The quantitative estimate of drug-likeness (QED) is 0.0782. The molecule has 0 N–H and O–H groups in total. The fourth-order valence-electron chi connectivity index (χ4n) is 5.89. The Bertz CT molecular complexity index is 2110. The van der Waals surface area contributed by atoms with Gasteiger partial charge >= 0.3 is 0 Å². The van der Waals surface area contributed by atoms with Crippen LogP contribution in [0, 0.1) is 6.92 Å². The van der Waals surface area contributed by atoms with Gasteiger partial charge in [0.05, 0.1) is 13.2 Å². The molecule has 54 heavy (non-hydrogen) atoms.